The van der Waals surface area contributed by atoms with Crippen molar-refractivity contribution in [3.05, 3.63) is 23.3 Å². The van der Waals surface area contributed by atoms with Crippen LogP contribution in [0.4, 0.5) is 0 Å². The zero-order valence-corrected chi connectivity index (χ0v) is 8.00. The van der Waals surface area contributed by atoms with Crippen LogP contribution in [0.15, 0.2) is 12.1 Å². The number of phenolic OH excluding ortho intramolecular Hbond substituents is 1. The van der Waals surface area contributed by atoms with Gasteiger partial charge in [0.1, 0.15) is 11.5 Å². The molecule has 0 heterocycles. The summed E-state index contributed by atoms with van der Waals surface area (Å²) in [6.45, 7) is 2.42. The van der Waals surface area contributed by atoms with Crippen molar-refractivity contribution >= 4 is 0 Å². The van der Waals surface area contributed by atoms with Gasteiger partial charge in [-0.25, -0.2) is 0 Å². The Balaban J connectivity index is 3.06. The van der Waals surface area contributed by atoms with Crippen molar-refractivity contribution in [1.82, 2.24) is 0 Å². The summed E-state index contributed by atoms with van der Waals surface area (Å²) in [6.07, 6.45) is 0.669. The minimum absolute atomic E-state index is 0.295. The zero-order valence-electron chi connectivity index (χ0n) is 8.00. The molecular formula is C10H15NO2. The Morgan fingerprint density at radius 1 is 1.46 bits per heavy atom. The van der Waals surface area contributed by atoms with Crippen molar-refractivity contribution in [3.8, 4) is 11.5 Å². The molecule has 0 aliphatic rings. The van der Waals surface area contributed by atoms with Gasteiger partial charge in [0.2, 0.25) is 0 Å². The standard InChI is InChI=1S/C10H15NO2/c1-7-5-9(12)8(3-4-11)6-10(7)13-2/h5-6,12H,3-4,11H2,1-2H3. The first-order valence-electron chi connectivity index (χ1n) is 4.25. The van der Waals surface area contributed by atoms with Gasteiger partial charge in [0.15, 0.2) is 0 Å². The van der Waals surface area contributed by atoms with Crippen LogP contribution in [-0.2, 0) is 6.42 Å². The van der Waals surface area contributed by atoms with Gasteiger partial charge >= 0.3 is 0 Å². The van der Waals surface area contributed by atoms with E-state index in [2.05, 4.69) is 0 Å². The van der Waals surface area contributed by atoms with Crippen molar-refractivity contribution in [2.75, 3.05) is 13.7 Å². The number of nitrogens with two attached hydrogens (primary N) is 1. The highest BCUT2D eigenvalue weighted by atomic mass is 16.5. The van der Waals surface area contributed by atoms with E-state index in [0.29, 0.717) is 18.7 Å². The maximum absolute atomic E-state index is 9.53. The Morgan fingerprint density at radius 2 is 2.15 bits per heavy atom. The topological polar surface area (TPSA) is 55.5 Å². The van der Waals surface area contributed by atoms with E-state index in [1.807, 2.05) is 13.0 Å². The summed E-state index contributed by atoms with van der Waals surface area (Å²) in [5, 5.41) is 9.53. The molecule has 0 bridgehead atoms. The van der Waals surface area contributed by atoms with E-state index >= 15 is 0 Å². The first kappa shape index (κ1) is 9.86. The fourth-order valence-corrected chi connectivity index (χ4v) is 1.29. The molecular weight excluding hydrogens is 166 g/mol. The average Bonchev–Trinajstić information content (AvgIpc) is 2.10. The van der Waals surface area contributed by atoms with Crippen LogP contribution in [0.25, 0.3) is 0 Å². The first-order valence-corrected chi connectivity index (χ1v) is 4.25. The minimum atomic E-state index is 0.295. The molecule has 1 aromatic carbocycles. The number of aromatic hydroxyl groups is 1. The molecule has 3 heteroatoms. The van der Waals surface area contributed by atoms with Crippen LogP contribution in [0.3, 0.4) is 0 Å². The summed E-state index contributed by atoms with van der Waals surface area (Å²) in [5.74, 6) is 1.09. The summed E-state index contributed by atoms with van der Waals surface area (Å²) < 4.78 is 5.14. The Bertz CT molecular complexity index is 297. The van der Waals surface area contributed by atoms with Crippen LogP contribution in [0.5, 0.6) is 11.5 Å². The highest BCUT2D eigenvalue weighted by Gasteiger charge is 2.05. The van der Waals surface area contributed by atoms with Crippen molar-refractivity contribution < 1.29 is 9.84 Å². The highest BCUT2D eigenvalue weighted by molar-refractivity contribution is 5.45. The first-order chi connectivity index (χ1) is 6.19. The number of phenols is 1. The van der Waals surface area contributed by atoms with Gasteiger partial charge in [-0.1, -0.05) is 0 Å². The molecule has 0 atom stereocenters. The molecule has 0 saturated heterocycles. The number of ether oxygens (including phenoxy) is 1. The Labute approximate surface area is 78.1 Å². The van der Waals surface area contributed by atoms with Gasteiger partial charge in [0.25, 0.3) is 0 Å². The largest absolute Gasteiger partial charge is 0.508 e. The predicted molar refractivity (Wildman–Crippen MR) is 52.2 cm³/mol. The fraction of sp³-hybridized carbons (Fsp3) is 0.400. The van der Waals surface area contributed by atoms with Gasteiger partial charge in [0.05, 0.1) is 7.11 Å². The molecule has 0 radical (unpaired) electrons. The minimum Gasteiger partial charge on any atom is -0.508 e. The lowest BCUT2D eigenvalue weighted by molar-refractivity contribution is 0.407. The molecule has 0 aliphatic heterocycles. The molecule has 3 nitrogen and oxygen atoms in total. The molecule has 0 fully saturated rings. The molecule has 0 aromatic heterocycles. The van der Waals surface area contributed by atoms with Crippen LogP contribution in [-0.4, -0.2) is 18.8 Å². The van der Waals surface area contributed by atoms with Crippen LogP contribution in [0.1, 0.15) is 11.1 Å². The Hall–Kier alpha value is -1.22. The molecule has 13 heavy (non-hydrogen) atoms. The normalized spacial score (nSPS) is 10.1. The monoisotopic (exact) mass is 181 g/mol. The van der Waals surface area contributed by atoms with Crippen LogP contribution in [0, 0.1) is 6.92 Å². The van der Waals surface area contributed by atoms with Gasteiger partial charge in [-0.15, -0.1) is 0 Å². The van der Waals surface area contributed by atoms with Crippen LogP contribution in [0.2, 0.25) is 0 Å². The summed E-state index contributed by atoms with van der Waals surface area (Å²) in [6, 6.07) is 3.53. The van der Waals surface area contributed by atoms with E-state index < -0.39 is 0 Å². The van der Waals surface area contributed by atoms with Crippen molar-refractivity contribution in [2.45, 2.75) is 13.3 Å². The lowest BCUT2D eigenvalue weighted by Gasteiger charge is -2.09. The molecule has 0 amide bonds. The fourth-order valence-electron chi connectivity index (χ4n) is 1.29. The van der Waals surface area contributed by atoms with Crippen LogP contribution >= 0.6 is 0 Å². The van der Waals surface area contributed by atoms with E-state index in [-0.39, 0.29) is 0 Å². The SMILES string of the molecule is COc1cc(CCN)c(O)cc1C. The summed E-state index contributed by atoms with van der Waals surface area (Å²) in [5.41, 5.74) is 7.18. The van der Waals surface area contributed by atoms with E-state index in [4.69, 9.17) is 10.5 Å². The van der Waals surface area contributed by atoms with Gasteiger partial charge < -0.3 is 15.6 Å². The second kappa shape index (κ2) is 4.14. The van der Waals surface area contributed by atoms with Gasteiger partial charge in [-0.2, -0.15) is 0 Å². The number of benzene rings is 1. The van der Waals surface area contributed by atoms with E-state index in [1.165, 1.54) is 0 Å². The Kier molecular flexibility index (Phi) is 3.14. The van der Waals surface area contributed by atoms with E-state index in [0.717, 1.165) is 16.9 Å². The van der Waals surface area contributed by atoms with Gasteiger partial charge in [-0.3, -0.25) is 0 Å². The second-order valence-corrected chi connectivity index (χ2v) is 2.99. The number of hydrogen-bond acceptors (Lipinski definition) is 3. The quantitative estimate of drug-likeness (QED) is 0.737. The van der Waals surface area contributed by atoms with E-state index in [1.54, 1.807) is 13.2 Å². The number of hydrogen-bond donors (Lipinski definition) is 2. The molecule has 0 aliphatic carbocycles. The molecule has 0 unspecified atom stereocenters. The third-order valence-corrected chi connectivity index (χ3v) is 2.01. The van der Waals surface area contributed by atoms with E-state index in [9.17, 15) is 5.11 Å². The maximum atomic E-state index is 9.53. The van der Waals surface area contributed by atoms with Crippen molar-refractivity contribution in [3.63, 3.8) is 0 Å². The molecule has 3 N–H and O–H groups in total. The third kappa shape index (κ3) is 2.12. The predicted octanol–water partition coefficient (Wildman–Crippen LogP) is 1.21. The highest BCUT2D eigenvalue weighted by Crippen LogP contribution is 2.27. The van der Waals surface area contributed by atoms with Crippen LogP contribution < -0.4 is 10.5 Å². The number of rotatable bonds is 3. The summed E-state index contributed by atoms with van der Waals surface area (Å²) in [7, 11) is 1.62. The van der Waals surface area contributed by atoms with Gasteiger partial charge in [0, 0.05) is 0 Å². The average molecular weight is 181 g/mol. The second-order valence-electron chi connectivity index (χ2n) is 2.99. The Morgan fingerprint density at radius 3 is 2.69 bits per heavy atom. The smallest absolute Gasteiger partial charge is 0.122 e. The number of methoxy groups -OCH3 is 1. The molecule has 0 spiro atoms. The van der Waals surface area contributed by atoms with Crippen molar-refractivity contribution in [1.29, 1.82) is 0 Å². The maximum Gasteiger partial charge on any atom is 0.122 e. The molecule has 72 valence electrons. The zero-order chi connectivity index (χ0) is 9.84. The molecule has 1 rings (SSSR count). The number of aryl methyl sites for hydroxylation is 1. The van der Waals surface area contributed by atoms with Gasteiger partial charge in [-0.05, 0) is 43.1 Å². The molecule has 0 saturated carbocycles. The summed E-state index contributed by atoms with van der Waals surface area (Å²) >= 11 is 0. The lowest BCUT2D eigenvalue weighted by Crippen LogP contribution is -2.03. The third-order valence-electron chi connectivity index (χ3n) is 2.01. The summed E-state index contributed by atoms with van der Waals surface area (Å²) in [4.78, 5) is 0. The molecule has 1 aromatic rings. The van der Waals surface area contributed by atoms with Crippen molar-refractivity contribution in [2.24, 2.45) is 5.73 Å². The lowest BCUT2D eigenvalue weighted by atomic mass is 10.1.